The normalized spacial score (nSPS) is 12.2. The van der Waals surface area contributed by atoms with Crippen LogP contribution in [0.4, 0.5) is 0 Å². The molecule has 0 unspecified atom stereocenters. The van der Waals surface area contributed by atoms with Crippen molar-refractivity contribution in [1.29, 1.82) is 0 Å². The molecule has 0 aliphatic rings. The van der Waals surface area contributed by atoms with Crippen molar-refractivity contribution in [2.45, 2.75) is 5.92 Å². The predicted molar refractivity (Wildman–Crippen MR) is 103 cm³/mol. The van der Waals surface area contributed by atoms with Gasteiger partial charge in [0.05, 0.1) is 5.92 Å². The molecule has 0 saturated heterocycles. The molecule has 0 amide bonds. The zero-order valence-corrected chi connectivity index (χ0v) is 14.2. The third-order valence-electron chi connectivity index (χ3n) is 4.67. The van der Waals surface area contributed by atoms with E-state index in [0.717, 1.165) is 27.9 Å². The standard InChI is InChI=1S/C22H18N2O2/c25-24(26)16-21(18-11-5-2-6-12-18)22-20(17-9-3-1-4-10-17)15-19-13-7-8-14-23(19)22/h1-15,21H,16H2/t21-/m0/s1. The molecule has 1 atom stereocenters. The summed E-state index contributed by atoms with van der Waals surface area (Å²) in [5, 5.41) is 11.5. The minimum Gasteiger partial charge on any atom is -0.319 e. The first-order chi connectivity index (χ1) is 12.7. The Morgan fingerprint density at radius 2 is 1.54 bits per heavy atom. The molecule has 128 valence electrons. The maximum absolute atomic E-state index is 11.5. The summed E-state index contributed by atoms with van der Waals surface area (Å²) in [7, 11) is 0. The van der Waals surface area contributed by atoms with Gasteiger partial charge in [-0.1, -0.05) is 66.7 Å². The summed E-state index contributed by atoms with van der Waals surface area (Å²) in [6.45, 7) is -0.148. The highest BCUT2D eigenvalue weighted by atomic mass is 16.6. The van der Waals surface area contributed by atoms with Gasteiger partial charge in [0.1, 0.15) is 0 Å². The van der Waals surface area contributed by atoms with E-state index in [4.69, 9.17) is 0 Å². The van der Waals surface area contributed by atoms with Crippen LogP contribution in [0.25, 0.3) is 16.6 Å². The van der Waals surface area contributed by atoms with Crippen molar-refractivity contribution in [3.05, 3.63) is 112 Å². The number of pyridine rings is 1. The van der Waals surface area contributed by atoms with Gasteiger partial charge in [-0.05, 0) is 29.3 Å². The summed E-state index contributed by atoms with van der Waals surface area (Å²) in [4.78, 5) is 11.2. The third-order valence-corrected chi connectivity index (χ3v) is 4.67. The van der Waals surface area contributed by atoms with Crippen LogP contribution in [-0.4, -0.2) is 15.9 Å². The molecular formula is C22H18N2O2. The van der Waals surface area contributed by atoms with Crippen LogP contribution >= 0.6 is 0 Å². The van der Waals surface area contributed by atoms with Crippen LogP contribution in [0.1, 0.15) is 17.2 Å². The Balaban J connectivity index is 1.99. The lowest BCUT2D eigenvalue weighted by molar-refractivity contribution is -0.481. The van der Waals surface area contributed by atoms with Crippen molar-refractivity contribution in [3.8, 4) is 11.1 Å². The van der Waals surface area contributed by atoms with Crippen LogP contribution in [0.3, 0.4) is 0 Å². The van der Waals surface area contributed by atoms with Crippen LogP contribution in [-0.2, 0) is 0 Å². The molecule has 0 fully saturated rings. The molecule has 0 saturated carbocycles. The zero-order chi connectivity index (χ0) is 17.9. The van der Waals surface area contributed by atoms with Crippen molar-refractivity contribution in [2.24, 2.45) is 0 Å². The minimum atomic E-state index is -0.327. The molecule has 0 bridgehead atoms. The average molecular weight is 342 g/mol. The van der Waals surface area contributed by atoms with Gasteiger partial charge in [0, 0.05) is 27.9 Å². The fraction of sp³-hybridized carbons (Fsp3) is 0.0909. The molecule has 26 heavy (non-hydrogen) atoms. The molecule has 0 aliphatic heterocycles. The Labute approximate surface area is 151 Å². The van der Waals surface area contributed by atoms with Gasteiger partial charge in [0.15, 0.2) is 0 Å². The van der Waals surface area contributed by atoms with Crippen LogP contribution in [0, 0.1) is 10.1 Å². The lowest BCUT2D eigenvalue weighted by Crippen LogP contribution is -2.16. The summed E-state index contributed by atoms with van der Waals surface area (Å²) in [6, 6.07) is 27.9. The smallest absolute Gasteiger partial charge is 0.216 e. The molecule has 4 aromatic rings. The van der Waals surface area contributed by atoms with Crippen LogP contribution in [0.2, 0.25) is 0 Å². The van der Waals surface area contributed by atoms with Gasteiger partial charge in [-0.15, -0.1) is 0 Å². The van der Waals surface area contributed by atoms with Gasteiger partial charge in [0.25, 0.3) is 0 Å². The van der Waals surface area contributed by atoms with Gasteiger partial charge in [-0.3, -0.25) is 10.1 Å². The van der Waals surface area contributed by atoms with Crippen LogP contribution < -0.4 is 0 Å². The lowest BCUT2D eigenvalue weighted by Gasteiger charge is -2.17. The van der Waals surface area contributed by atoms with Gasteiger partial charge in [0.2, 0.25) is 6.54 Å². The maximum atomic E-state index is 11.5. The average Bonchev–Trinajstić information content (AvgIpc) is 3.07. The SMILES string of the molecule is O=[N+]([O-])C[C@@H](c1ccccc1)c1c(-c2ccccc2)cc2ccccn12. The fourth-order valence-corrected chi connectivity index (χ4v) is 3.53. The quantitative estimate of drug-likeness (QED) is 0.378. The second-order valence-electron chi connectivity index (χ2n) is 6.28. The molecule has 2 aromatic heterocycles. The van der Waals surface area contributed by atoms with Crippen molar-refractivity contribution in [2.75, 3.05) is 6.54 Å². The van der Waals surface area contributed by atoms with Gasteiger partial charge >= 0.3 is 0 Å². The van der Waals surface area contributed by atoms with Crippen molar-refractivity contribution < 1.29 is 4.92 Å². The molecule has 0 radical (unpaired) electrons. The Kier molecular flexibility index (Phi) is 4.23. The Morgan fingerprint density at radius 1 is 0.885 bits per heavy atom. The number of fused-ring (bicyclic) bond motifs is 1. The largest absolute Gasteiger partial charge is 0.319 e. The third kappa shape index (κ3) is 2.97. The van der Waals surface area contributed by atoms with E-state index in [9.17, 15) is 10.1 Å². The van der Waals surface area contributed by atoms with E-state index < -0.39 is 0 Å². The number of rotatable bonds is 5. The molecule has 4 rings (SSSR count). The Hall–Kier alpha value is -3.40. The fourth-order valence-electron chi connectivity index (χ4n) is 3.53. The van der Waals surface area contributed by atoms with Crippen LogP contribution in [0.15, 0.2) is 91.1 Å². The van der Waals surface area contributed by atoms with E-state index in [2.05, 4.69) is 10.5 Å². The van der Waals surface area contributed by atoms with E-state index in [1.165, 1.54) is 0 Å². The number of benzene rings is 2. The van der Waals surface area contributed by atoms with E-state index in [-0.39, 0.29) is 17.4 Å². The van der Waals surface area contributed by atoms with Gasteiger partial charge in [-0.25, -0.2) is 0 Å². The van der Waals surface area contributed by atoms with E-state index in [1.807, 2.05) is 85.1 Å². The van der Waals surface area contributed by atoms with E-state index >= 15 is 0 Å². The monoisotopic (exact) mass is 342 g/mol. The number of nitrogens with zero attached hydrogens (tertiary/aromatic N) is 2. The number of nitro groups is 1. The van der Waals surface area contributed by atoms with E-state index in [1.54, 1.807) is 0 Å². The Morgan fingerprint density at radius 3 is 2.23 bits per heavy atom. The van der Waals surface area contributed by atoms with Crippen molar-refractivity contribution in [1.82, 2.24) is 4.40 Å². The summed E-state index contributed by atoms with van der Waals surface area (Å²) >= 11 is 0. The molecule has 0 N–H and O–H groups in total. The van der Waals surface area contributed by atoms with Crippen molar-refractivity contribution >= 4 is 5.52 Å². The van der Waals surface area contributed by atoms with Crippen LogP contribution in [0.5, 0.6) is 0 Å². The summed E-state index contributed by atoms with van der Waals surface area (Å²) < 4.78 is 2.07. The Bertz CT molecular complexity index is 1040. The molecule has 4 heteroatoms. The molecule has 2 heterocycles. The number of hydrogen-bond acceptors (Lipinski definition) is 2. The predicted octanol–water partition coefficient (Wildman–Crippen LogP) is 5.01. The van der Waals surface area contributed by atoms with Gasteiger partial charge < -0.3 is 4.40 Å². The second-order valence-corrected chi connectivity index (χ2v) is 6.28. The molecular weight excluding hydrogens is 324 g/mol. The first-order valence-corrected chi connectivity index (χ1v) is 8.56. The maximum Gasteiger partial charge on any atom is 0.216 e. The van der Waals surface area contributed by atoms with Crippen molar-refractivity contribution in [3.63, 3.8) is 0 Å². The van der Waals surface area contributed by atoms with Gasteiger partial charge in [-0.2, -0.15) is 0 Å². The molecule has 0 aliphatic carbocycles. The molecule has 4 nitrogen and oxygen atoms in total. The highest BCUT2D eigenvalue weighted by Crippen LogP contribution is 2.36. The first-order valence-electron chi connectivity index (χ1n) is 8.56. The second kappa shape index (κ2) is 6.84. The summed E-state index contributed by atoms with van der Waals surface area (Å²) in [6.07, 6.45) is 1.98. The number of hydrogen-bond donors (Lipinski definition) is 0. The highest BCUT2D eigenvalue weighted by molar-refractivity contribution is 5.75. The zero-order valence-electron chi connectivity index (χ0n) is 14.2. The lowest BCUT2D eigenvalue weighted by atomic mass is 9.91. The molecule has 2 aromatic carbocycles. The minimum absolute atomic E-state index is 0.148. The topological polar surface area (TPSA) is 47.5 Å². The first kappa shape index (κ1) is 16.1. The molecule has 0 spiro atoms. The highest BCUT2D eigenvalue weighted by Gasteiger charge is 2.26. The summed E-state index contributed by atoms with van der Waals surface area (Å²) in [5.41, 5.74) is 5.04. The number of aromatic nitrogens is 1. The summed E-state index contributed by atoms with van der Waals surface area (Å²) in [5.74, 6) is -0.327. The van der Waals surface area contributed by atoms with E-state index in [0.29, 0.717) is 0 Å².